The summed E-state index contributed by atoms with van der Waals surface area (Å²) in [5.74, 6) is 0.0608. The molecule has 0 spiro atoms. The summed E-state index contributed by atoms with van der Waals surface area (Å²) in [6, 6.07) is 6.72. The maximum absolute atomic E-state index is 11.3. The molecular formula is C11H15NO2. The summed E-state index contributed by atoms with van der Waals surface area (Å²) in [5.41, 5.74) is 0.480. The van der Waals surface area contributed by atoms with Gasteiger partial charge in [0.05, 0.1) is 5.69 Å². The molecule has 0 saturated heterocycles. The van der Waals surface area contributed by atoms with Crippen molar-refractivity contribution in [3.8, 4) is 5.75 Å². The number of phenolic OH excluding ortho intramolecular Hbond substituents is 1. The first-order valence-electron chi connectivity index (χ1n) is 4.82. The smallest absolute Gasteiger partial charge is 0.224 e. The molecule has 1 aromatic carbocycles. The molecule has 0 aliphatic carbocycles. The van der Waals surface area contributed by atoms with Crippen molar-refractivity contribution in [2.24, 2.45) is 0 Å². The number of anilines is 1. The molecule has 76 valence electrons. The first kappa shape index (κ1) is 10.6. The standard InChI is InChI=1S/C11H15NO2/c1-2-3-8-11(14)12-9-6-4-5-7-10(9)13/h4-7,13H,2-3,8H2,1H3,(H,12,14). The molecule has 0 heterocycles. The average Bonchev–Trinajstić information content (AvgIpc) is 2.18. The fraction of sp³-hybridized carbons (Fsp3) is 0.364. The van der Waals surface area contributed by atoms with Gasteiger partial charge in [-0.05, 0) is 18.6 Å². The largest absolute Gasteiger partial charge is 0.506 e. The number of amides is 1. The molecule has 1 amide bonds. The van der Waals surface area contributed by atoms with E-state index in [4.69, 9.17) is 0 Å². The van der Waals surface area contributed by atoms with Crippen molar-refractivity contribution in [3.05, 3.63) is 24.3 Å². The van der Waals surface area contributed by atoms with E-state index in [1.807, 2.05) is 6.92 Å². The molecule has 3 nitrogen and oxygen atoms in total. The number of aromatic hydroxyl groups is 1. The van der Waals surface area contributed by atoms with Crippen molar-refractivity contribution >= 4 is 11.6 Å². The highest BCUT2D eigenvalue weighted by Crippen LogP contribution is 2.21. The summed E-state index contributed by atoms with van der Waals surface area (Å²) in [4.78, 5) is 11.3. The normalized spacial score (nSPS) is 9.79. The van der Waals surface area contributed by atoms with E-state index < -0.39 is 0 Å². The van der Waals surface area contributed by atoms with Gasteiger partial charge in [0.2, 0.25) is 5.91 Å². The van der Waals surface area contributed by atoms with Crippen molar-refractivity contribution < 1.29 is 9.90 Å². The second kappa shape index (κ2) is 5.27. The number of unbranched alkanes of at least 4 members (excludes halogenated alkanes) is 1. The number of carbonyl (C=O) groups is 1. The maximum Gasteiger partial charge on any atom is 0.224 e. The Morgan fingerprint density at radius 1 is 1.43 bits per heavy atom. The highest BCUT2D eigenvalue weighted by Gasteiger charge is 2.04. The van der Waals surface area contributed by atoms with Crippen molar-refractivity contribution in [1.82, 2.24) is 0 Å². The predicted molar refractivity (Wildman–Crippen MR) is 56.3 cm³/mol. The quantitative estimate of drug-likeness (QED) is 0.722. The lowest BCUT2D eigenvalue weighted by Crippen LogP contribution is -2.10. The lowest BCUT2D eigenvalue weighted by atomic mass is 10.2. The lowest BCUT2D eigenvalue weighted by Gasteiger charge is -2.05. The summed E-state index contributed by atoms with van der Waals surface area (Å²) in [6.45, 7) is 2.03. The third-order valence-electron chi connectivity index (χ3n) is 1.94. The third-order valence-corrected chi connectivity index (χ3v) is 1.94. The highest BCUT2D eigenvalue weighted by molar-refractivity contribution is 5.92. The Balaban J connectivity index is 2.52. The van der Waals surface area contributed by atoms with Gasteiger partial charge >= 0.3 is 0 Å². The van der Waals surface area contributed by atoms with Gasteiger partial charge in [0, 0.05) is 6.42 Å². The summed E-state index contributed by atoms with van der Waals surface area (Å²) in [7, 11) is 0. The molecule has 0 unspecified atom stereocenters. The molecule has 0 aliphatic rings. The number of benzene rings is 1. The molecule has 14 heavy (non-hydrogen) atoms. The van der Waals surface area contributed by atoms with E-state index in [1.165, 1.54) is 0 Å². The van der Waals surface area contributed by atoms with Crippen molar-refractivity contribution in [2.75, 3.05) is 5.32 Å². The maximum atomic E-state index is 11.3. The minimum Gasteiger partial charge on any atom is -0.506 e. The molecule has 0 aromatic heterocycles. The van der Waals surface area contributed by atoms with Crippen LogP contribution in [0.25, 0.3) is 0 Å². The van der Waals surface area contributed by atoms with Crippen LogP contribution in [0.3, 0.4) is 0 Å². The summed E-state index contributed by atoms with van der Waals surface area (Å²) in [6.07, 6.45) is 2.37. The molecule has 1 rings (SSSR count). The van der Waals surface area contributed by atoms with E-state index in [9.17, 15) is 9.90 Å². The Morgan fingerprint density at radius 2 is 2.14 bits per heavy atom. The van der Waals surface area contributed by atoms with E-state index in [0.29, 0.717) is 12.1 Å². The number of hydrogen-bond donors (Lipinski definition) is 2. The van der Waals surface area contributed by atoms with Crippen LogP contribution in [0.1, 0.15) is 26.2 Å². The lowest BCUT2D eigenvalue weighted by molar-refractivity contribution is -0.116. The Kier molecular flexibility index (Phi) is 3.98. The number of phenols is 1. The van der Waals surface area contributed by atoms with Crippen molar-refractivity contribution in [2.45, 2.75) is 26.2 Å². The molecule has 0 bridgehead atoms. The Hall–Kier alpha value is -1.51. The van der Waals surface area contributed by atoms with E-state index in [-0.39, 0.29) is 11.7 Å². The van der Waals surface area contributed by atoms with Crippen LogP contribution in [0.15, 0.2) is 24.3 Å². The minimum atomic E-state index is -0.0478. The molecule has 0 saturated carbocycles. The van der Waals surface area contributed by atoms with Crippen LogP contribution in [0.5, 0.6) is 5.75 Å². The predicted octanol–water partition coefficient (Wildman–Crippen LogP) is 2.52. The van der Waals surface area contributed by atoms with Crippen LogP contribution in [0, 0.1) is 0 Å². The van der Waals surface area contributed by atoms with E-state index >= 15 is 0 Å². The van der Waals surface area contributed by atoms with Crippen molar-refractivity contribution in [3.63, 3.8) is 0 Å². The van der Waals surface area contributed by atoms with Gasteiger partial charge in [-0.25, -0.2) is 0 Å². The Labute approximate surface area is 83.8 Å². The second-order valence-corrected chi connectivity index (χ2v) is 3.17. The van der Waals surface area contributed by atoms with Crippen LogP contribution in [0.4, 0.5) is 5.69 Å². The second-order valence-electron chi connectivity index (χ2n) is 3.17. The van der Waals surface area contributed by atoms with Crippen LogP contribution in [-0.2, 0) is 4.79 Å². The van der Waals surface area contributed by atoms with Gasteiger partial charge in [-0.2, -0.15) is 0 Å². The Bertz CT molecular complexity index is 310. The topological polar surface area (TPSA) is 49.3 Å². The van der Waals surface area contributed by atoms with E-state index in [1.54, 1.807) is 24.3 Å². The summed E-state index contributed by atoms with van der Waals surface area (Å²) >= 11 is 0. The molecule has 0 radical (unpaired) electrons. The molecule has 2 N–H and O–H groups in total. The van der Waals surface area contributed by atoms with Gasteiger partial charge in [0.25, 0.3) is 0 Å². The molecule has 1 aromatic rings. The van der Waals surface area contributed by atoms with E-state index in [0.717, 1.165) is 12.8 Å². The van der Waals surface area contributed by atoms with Crippen LogP contribution >= 0.6 is 0 Å². The first-order valence-corrected chi connectivity index (χ1v) is 4.82. The number of rotatable bonds is 4. The number of para-hydroxylation sites is 2. The first-order chi connectivity index (χ1) is 6.74. The van der Waals surface area contributed by atoms with Gasteiger partial charge in [0.1, 0.15) is 5.75 Å². The van der Waals surface area contributed by atoms with Gasteiger partial charge in [-0.3, -0.25) is 4.79 Å². The van der Waals surface area contributed by atoms with Gasteiger partial charge < -0.3 is 10.4 Å². The zero-order valence-electron chi connectivity index (χ0n) is 8.29. The summed E-state index contributed by atoms with van der Waals surface area (Å²) in [5, 5.41) is 12.0. The monoisotopic (exact) mass is 193 g/mol. The minimum absolute atomic E-state index is 0.0478. The SMILES string of the molecule is CCCCC(=O)Nc1ccccc1O. The molecule has 0 aliphatic heterocycles. The van der Waals surface area contributed by atoms with Crippen LogP contribution in [0.2, 0.25) is 0 Å². The third kappa shape index (κ3) is 3.09. The van der Waals surface area contributed by atoms with Crippen molar-refractivity contribution in [1.29, 1.82) is 0 Å². The molecular weight excluding hydrogens is 178 g/mol. The average molecular weight is 193 g/mol. The van der Waals surface area contributed by atoms with Gasteiger partial charge in [-0.15, -0.1) is 0 Å². The number of carbonyl (C=O) groups excluding carboxylic acids is 1. The molecule has 0 atom stereocenters. The fourth-order valence-corrected chi connectivity index (χ4v) is 1.13. The summed E-state index contributed by atoms with van der Waals surface area (Å²) < 4.78 is 0. The zero-order valence-corrected chi connectivity index (χ0v) is 8.29. The zero-order chi connectivity index (χ0) is 10.4. The molecule has 3 heteroatoms. The fourth-order valence-electron chi connectivity index (χ4n) is 1.13. The highest BCUT2D eigenvalue weighted by atomic mass is 16.3. The molecule has 0 fully saturated rings. The van der Waals surface area contributed by atoms with Gasteiger partial charge in [0.15, 0.2) is 0 Å². The number of hydrogen-bond acceptors (Lipinski definition) is 2. The van der Waals surface area contributed by atoms with Gasteiger partial charge in [-0.1, -0.05) is 25.5 Å². The Morgan fingerprint density at radius 3 is 2.79 bits per heavy atom. The van der Waals surface area contributed by atoms with Crippen LogP contribution < -0.4 is 5.32 Å². The van der Waals surface area contributed by atoms with Crippen LogP contribution in [-0.4, -0.2) is 11.0 Å². The number of nitrogens with one attached hydrogen (secondary N) is 1. The van der Waals surface area contributed by atoms with E-state index in [2.05, 4.69) is 5.32 Å².